The van der Waals surface area contributed by atoms with E-state index in [2.05, 4.69) is 5.10 Å². The van der Waals surface area contributed by atoms with Crippen molar-refractivity contribution in [3.05, 3.63) is 59.8 Å². The Morgan fingerprint density at radius 1 is 1.11 bits per heavy atom. The van der Waals surface area contributed by atoms with Gasteiger partial charge in [0.25, 0.3) is 0 Å². The average Bonchev–Trinajstić information content (AvgIpc) is 3.26. The highest BCUT2D eigenvalue weighted by molar-refractivity contribution is 5.81. The van der Waals surface area contributed by atoms with Crippen molar-refractivity contribution in [2.24, 2.45) is 5.92 Å². The van der Waals surface area contributed by atoms with Gasteiger partial charge in [-0.1, -0.05) is 6.07 Å². The first-order valence-electron chi connectivity index (χ1n) is 12.2. The van der Waals surface area contributed by atoms with Crippen molar-refractivity contribution < 1.29 is 23.0 Å². The summed E-state index contributed by atoms with van der Waals surface area (Å²) in [5.41, 5.74) is 1.77. The maximum absolute atomic E-state index is 14.7. The summed E-state index contributed by atoms with van der Waals surface area (Å²) in [4.78, 5) is 14.1. The van der Waals surface area contributed by atoms with E-state index in [0.29, 0.717) is 42.0 Å². The molecule has 1 aromatic heterocycles. The minimum absolute atomic E-state index is 0.0510. The molecule has 3 aromatic rings. The zero-order valence-corrected chi connectivity index (χ0v) is 21.4. The van der Waals surface area contributed by atoms with Crippen LogP contribution in [0, 0.1) is 28.9 Å². The first-order chi connectivity index (χ1) is 17.6. The van der Waals surface area contributed by atoms with Crippen molar-refractivity contribution in [3.63, 3.8) is 0 Å². The Morgan fingerprint density at radius 2 is 1.78 bits per heavy atom. The Bertz CT molecular complexity index is 1330. The summed E-state index contributed by atoms with van der Waals surface area (Å²) >= 11 is 0. The molecule has 9 heteroatoms. The van der Waals surface area contributed by atoms with E-state index < -0.39 is 17.2 Å². The molecular weight excluding hydrogens is 478 g/mol. The fraction of sp³-hybridized carbons (Fsp3) is 0.393. The van der Waals surface area contributed by atoms with Crippen molar-refractivity contribution in [2.45, 2.75) is 45.8 Å². The lowest BCUT2D eigenvalue weighted by Gasteiger charge is -2.33. The van der Waals surface area contributed by atoms with Crippen molar-refractivity contribution in [2.75, 3.05) is 20.2 Å². The van der Waals surface area contributed by atoms with Crippen LogP contribution in [0.2, 0.25) is 0 Å². The first-order valence-corrected chi connectivity index (χ1v) is 12.2. The van der Waals surface area contributed by atoms with E-state index in [0.717, 1.165) is 12.8 Å². The number of hydrogen-bond acceptors (Lipinski definition) is 5. The van der Waals surface area contributed by atoms with E-state index in [1.165, 1.54) is 25.3 Å². The Labute approximate surface area is 215 Å². The van der Waals surface area contributed by atoms with Crippen molar-refractivity contribution in [3.8, 4) is 34.2 Å². The lowest BCUT2D eigenvalue weighted by molar-refractivity contribution is 0.0177. The summed E-state index contributed by atoms with van der Waals surface area (Å²) in [6.07, 6.45) is 2.84. The van der Waals surface area contributed by atoms with E-state index in [-0.39, 0.29) is 23.3 Å². The molecule has 0 atom stereocenters. The number of ether oxygens (including phenoxy) is 2. The molecule has 194 valence electrons. The Hall–Kier alpha value is -3.93. The minimum Gasteiger partial charge on any atom is -0.494 e. The maximum Gasteiger partial charge on any atom is 0.410 e. The third-order valence-corrected chi connectivity index (χ3v) is 6.36. The molecule has 0 bridgehead atoms. The molecule has 0 radical (unpaired) electrons. The predicted molar refractivity (Wildman–Crippen MR) is 135 cm³/mol. The van der Waals surface area contributed by atoms with Gasteiger partial charge in [-0.2, -0.15) is 10.4 Å². The standard InChI is InChI=1S/C28H30F2N4O3/c1-28(2,3)37-27(35)33-11-9-18(10-12-33)17-34-26(20-7-8-25(36-4)24(30)14-20)22(16-32-34)19-5-6-21(15-31)23(29)13-19/h5-8,13-14,16,18H,9-12,17H2,1-4H3. The zero-order valence-electron chi connectivity index (χ0n) is 21.4. The van der Waals surface area contributed by atoms with Crippen LogP contribution in [0.5, 0.6) is 5.75 Å². The monoisotopic (exact) mass is 508 g/mol. The lowest BCUT2D eigenvalue weighted by Crippen LogP contribution is -2.42. The van der Waals surface area contributed by atoms with Gasteiger partial charge in [0.1, 0.15) is 17.5 Å². The quantitative estimate of drug-likeness (QED) is 0.421. The maximum atomic E-state index is 14.7. The number of rotatable bonds is 5. The van der Waals surface area contributed by atoms with E-state index >= 15 is 0 Å². The summed E-state index contributed by atoms with van der Waals surface area (Å²) in [7, 11) is 1.40. The van der Waals surface area contributed by atoms with Crippen LogP contribution in [0.4, 0.5) is 13.6 Å². The first kappa shape index (κ1) is 26.1. The average molecular weight is 509 g/mol. The lowest BCUT2D eigenvalue weighted by atomic mass is 9.96. The SMILES string of the molecule is COc1ccc(-c2c(-c3ccc(C#N)c(F)c3)cnn2CC2CCN(C(=O)OC(C)(C)C)CC2)cc1F. The Balaban J connectivity index is 1.62. The minimum atomic E-state index is -0.630. The number of piperidine rings is 1. The topological polar surface area (TPSA) is 80.4 Å². The molecule has 4 rings (SSSR count). The molecule has 1 aliphatic rings. The van der Waals surface area contributed by atoms with E-state index in [9.17, 15) is 13.6 Å². The van der Waals surface area contributed by atoms with E-state index in [4.69, 9.17) is 14.7 Å². The molecule has 7 nitrogen and oxygen atoms in total. The normalized spacial score (nSPS) is 14.4. The second-order valence-corrected chi connectivity index (χ2v) is 10.2. The Morgan fingerprint density at radius 3 is 2.38 bits per heavy atom. The molecule has 37 heavy (non-hydrogen) atoms. The number of carbonyl (C=O) groups excluding carboxylic acids is 1. The number of aromatic nitrogens is 2. The van der Waals surface area contributed by atoms with Gasteiger partial charge in [0, 0.05) is 30.8 Å². The summed E-state index contributed by atoms with van der Waals surface area (Å²) in [6.45, 7) is 7.22. The van der Waals surface area contributed by atoms with Crippen LogP contribution in [-0.2, 0) is 11.3 Å². The summed E-state index contributed by atoms with van der Waals surface area (Å²) in [5, 5.41) is 13.7. The largest absolute Gasteiger partial charge is 0.494 e. The summed E-state index contributed by atoms with van der Waals surface area (Å²) < 4.78 is 41.5. The van der Waals surface area contributed by atoms with Gasteiger partial charge < -0.3 is 14.4 Å². The van der Waals surface area contributed by atoms with Crippen LogP contribution in [0.25, 0.3) is 22.4 Å². The van der Waals surface area contributed by atoms with Gasteiger partial charge in [-0.3, -0.25) is 4.68 Å². The molecule has 1 fully saturated rings. The van der Waals surface area contributed by atoms with Gasteiger partial charge in [0.05, 0.1) is 24.6 Å². The Kier molecular flexibility index (Phi) is 7.48. The van der Waals surface area contributed by atoms with Crippen LogP contribution < -0.4 is 4.74 Å². The van der Waals surface area contributed by atoms with Gasteiger partial charge >= 0.3 is 6.09 Å². The second-order valence-electron chi connectivity index (χ2n) is 10.2. The smallest absolute Gasteiger partial charge is 0.410 e. The molecule has 0 N–H and O–H groups in total. The fourth-order valence-corrected chi connectivity index (χ4v) is 4.50. The number of methoxy groups -OCH3 is 1. The molecule has 1 saturated heterocycles. The number of nitriles is 1. The van der Waals surface area contributed by atoms with Gasteiger partial charge in [0.2, 0.25) is 0 Å². The third kappa shape index (κ3) is 5.91. The highest BCUT2D eigenvalue weighted by Gasteiger charge is 2.28. The highest BCUT2D eigenvalue weighted by atomic mass is 19.1. The summed E-state index contributed by atoms with van der Waals surface area (Å²) in [6, 6.07) is 10.9. The number of likely N-dealkylation sites (tertiary alicyclic amines) is 1. The van der Waals surface area contributed by atoms with Gasteiger partial charge in [-0.25, -0.2) is 13.6 Å². The molecule has 0 saturated carbocycles. The third-order valence-electron chi connectivity index (χ3n) is 6.36. The number of nitrogens with zero attached hydrogens (tertiary/aromatic N) is 4. The molecule has 2 heterocycles. The number of carbonyl (C=O) groups is 1. The van der Waals surface area contributed by atoms with E-state index in [1.807, 2.05) is 26.8 Å². The van der Waals surface area contributed by atoms with Crippen LogP contribution >= 0.6 is 0 Å². The summed E-state index contributed by atoms with van der Waals surface area (Å²) in [5.74, 6) is -0.800. The molecule has 0 spiro atoms. The molecule has 0 aliphatic carbocycles. The van der Waals surface area contributed by atoms with Crippen LogP contribution in [0.3, 0.4) is 0 Å². The number of amides is 1. The van der Waals surface area contributed by atoms with Crippen LogP contribution in [-0.4, -0.2) is 46.6 Å². The number of hydrogen-bond donors (Lipinski definition) is 0. The van der Waals surface area contributed by atoms with Crippen LogP contribution in [0.15, 0.2) is 42.6 Å². The van der Waals surface area contributed by atoms with Crippen LogP contribution in [0.1, 0.15) is 39.2 Å². The van der Waals surface area contributed by atoms with Crippen molar-refractivity contribution >= 4 is 6.09 Å². The molecule has 1 amide bonds. The fourth-order valence-electron chi connectivity index (χ4n) is 4.50. The highest BCUT2D eigenvalue weighted by Crippen LogP contribution is 2.36. The van der Waals surface area contributed by atoms with Crippen molar-refractivity contribution in [1.29, 1.82) is 5.26 Å². The number of benzene rings is 2. The number of halogens is 2. The molecule has 2 aromatic carbocycles. The molecule has 0 unspecified atom stereocenters. The van der Waals surface area contributed by atoms with E-state index in [1.54, 1.807) is 34.0 Å². The van der Waals surface area contributed by atoms with Gasteiger partial charge in [-0.15, -0.1) is 0 Å². The molecular formula is C28H30F2N4O3. The van der Waals surface area contributed by atoms with Gasteiger partial charge in [0.15, 0.2) is 11.6 Å². The second kappa shape index (κ2) is 10.6. The zero-order chi connectivity index (χ0) is 26.7. The van der Waals surface area contributed by atoms with Crippen molar-refractivity contribution in [1.82, 2.24) is 14.7 Å². The predicted octanol–water partition coefficient (Wildman–Crippen LogP) is 6.02. The molecule has 1 aliphatic heterocycles. The van der Waals surface area contributed by atoms with Gasteiger partial charge in [-0.05, 0) is 75.4 Å².